The van der Waals surface area contributed by atoms with Crippen LogP contribution in [-0.2, 0) is 5.41 Å². The molecule has 0 spiro atoms. The quantitative estimate of drug-likeness (QED) is 0.708. The predicted molar refractivity (Wildman–Crippen MR) is 103 cm³/mol. The average Bonchev–Trinajstić information content (AvgIpc) is 2.62. The molecule has 0 atom stereocenters. The molecule has 0 saturated heterocycles. The molecule has 3 aromatic rings. The van der Waals surface area contributed by atoms with E-state index in [1.807, 2.05) is 48.5 Å². The van der Waals surface area contributed by atoms with Crippen LogP contribution in [0.15, 0.2) is 72.9 Å². The molecule has 2 aromatic carbocycles. The Morgan fingerprint density at radius 2 is 1.68 bits per heavy atom. The van der Waals surface area contributed by atoms with E-state index in [1.165, 1.54) is 5.56 Å². The number of carbonyl (C=O) groups is 1. The van der Waals surface area contributed by atoms with Gasteiger partial charge in [-0.05, 0) is 35.2 Å². The molecule has 3 heteroatoms. The molecule has 1 aromatic heterocycles. The monoisotopic (exact) mass is 330 g/mol. The Balaban J connectivity index is 1.91. The minimum absolute atomic E-state index is 0.0320. The highest BCUT2D eigenvalue weighted by Gasteiger charge is 2.16. The maximum absolute atomic E-state index is 12.8. The summed E-state index contributed by atoms with van der Waals surface area (Å²) >= 11 is 0. The zero-order valence-electron chi connectivity index (χ0n) is 14.8. The molecule has 0 saturated carbocycles. The van der Waals surface area contributed by atoms with E-state index in [4.69, 9.17) is 0 Å². The lowest BCUT2D eigenvalue weighted by molar-refractivity contribution is 0.102. The zero-order chi connectivity index (χ0) is 17.9. The normalized spacial score (nSPS) is 11.2. The van der Waals surface area contributed by atoms with Gasteiger partial charge in [-0.1, -0.05) is 63.2 Å². The molecular weight excluding hydrogens is 308 g/mol. The summed E-state index contributed by atoms with van der Waals surface area (Å²) in [4.78, 5) is 17.2. The van der Waals surface area contributed by atoms with Crippen molar-refractivity contribution in [1.82, 2.24) is 4.98 Å². The van der Waals surface area contributed by atoms with Crippen LogP contribution in [0.3, 0.4) is 0 Å². The lowest BCUT2D eigenvalue weighted by Gasteiger charge is -2.20. The molecule has 0 fully saturated rings. The van der Waals surface area contributed by atoms with Crippen molar-refractivity contribution in [2.24, 2.45) is 0 Å². The highest BCUT2D eigenvalue weighted by Crippen LogP contribution is 2.26. The van der Waals surface area contributed by atoms with Gasteiger partial charge in [0.2, 0.25) is 0 Å². The first-order valence-corrected chi connectivity index (χ1v) is 8.37. The average molecular weight is 330 g/mol. The number of benzene rings is 2. The van der Waals surface area contributed by atoms with Crippen LogP contribution < -0.4 is 5.32 Å². The summed E-state index contributed by atoms with van der Waals surface area (Å²) in [5, 5.41) is 3.00. The lowest BCUT2D eigenvalue weighted by atomic mass is 9.87. The molecule has 0 bridgehead atoms. The van der Waals surface area contributed by atoms with E-state index >= 15 is 0 Å². The van der Waals surface area contributed by atoms with Gasteiger partial charge in [-0.2, -0.15) is 0 Å². The Labute approximate surface area is 148 Å². The number of nitrogens with zero attached hydrogens (tertiary/aromatic N) is 1. The molecular formula is C22H22N2O. The van der Waals surface area contributed by atoms with Gasteiger partial charge in [-0.3, -0.25) is 9.78 Å². The number of rotatable bonds is 3. The van der Waals surface area contributed by atoms with Gasteiger partial charge in [0, 0.05) is 17.4 Å². The highest BCUT2D eigenvalue weighted by molar-refractivity contribution is 6.08. The second-order valence-corrected chi connectivity index (χ2v) is 7.05. The molecule has 1 N–H and O–H groups in total. The van der Waals surface area contributed by atoms with Crippen LogP contribution >= 0.6 is 0 Å². The van der Waals surface area contributed by atoms with Crippen LogP contribution in [-0.4, -0.2) is 10.9 Å². The summed E-state index contributed by atoms with van der Waals surface area (Å²) in [5.41, 5.74) is 4.18. The number of amides is 1. The van der Waals surface area contributed by atoms with Gasteiger partial charge in [0.1, 0.15) is 0 Å². The Morgan fingerprint density at radius 3 is 2.40 bits per heavy atom. The minimum atomic E-state index is -0.155. The van der Waals surface area contributed by atoms with Gasteiger partial charge >= 0.3 is 0 Å². The molecule has 0 aliphatic carbocycles. The summed E-state index contributed by atoms with van der Waals surface area (Å²) in [6.07, 6.45) is 1.71. The van der Waals surface area contributed by atoms with E-state index < -0.39 is 0 Å². The molecule has 126 valence electrons. The van der Waals surface area contributed by atoms with Crippen molar-refractivity contribution in [3.05, 3.63) is 84.1 Å². The fourth-order valence-electron chi connectivity index (χ4n) is 2.68. The molecule has 1 amide bonds. The molecule has 0 radical (unpaired) electrons. The fraction of sp³-hybridized carbons (Fsp3) is 0.182. The van der Waals surface area contributed by atoms with Gasteiger partial charge in [-0.25, -0.2) is 0 Å². The Morgan fingerprint density at radius 1 is 0.920 bits per heavy atom. The SMILES string of the molecule is CC(C)(C)c1cccc(NC(=O)c2cccnc2-c2ccccc2)c1. The van der Waals surface area contributed by atoms with E-state index in [1.54, 1.807) is 18.3 Å². The first-order valence-electron chi connectivity index (χ1n) is 8.37. The smallest absolute Gasteiger partial charge is 0.257 e. The number of carbonyl (C=O) groups excluding carboxylic acids is 1. The lowest BCUT2D eigenvalue weighted by Crippen LogP contribution is -2.15. The number of nitrogens with one attached hydrogen (secondary N) is 1. The van der Waals surface area contributed by atoms with E-state index in [2.05, 4.69) is 37.1 Å². The van der Waals surface area contributed by atoms with Crippen molar-refractivity contribution in [2.45, 2.75) is 26.2 Å². The second-order valence-electron chi connectivity index (χ2n) is 7.05. The van der Waals surface area contributed by atoms with Crippen LogP contribution in [0.5, 0.6) is 0 Å². The Bertz CT molecular complexity index is 880. The molecule has 25 heavy (non-hydrogen) atoms. The van der Waals surface area contributed by atoms with Crippen LogP contribution in [0.1, 0.15) is 36.7 Å². The van der Waals surface area contributed by atoms with Crippen molar-refractivity contribution in [3.63, 3.8) is 0 Å². The third kappa shape index (κ3) is 3.94. The summed E-state index contributed by atoms with van der Waals surface area (Å²) < 4.78 is 0. The number of hydrogen-bond acceptors (Lipinski definition) is 2. The van der Waals surface area contributed by atoms with Crippen LogP contribution in [0.25, 0.3) is 11.3 Å². The van der Waals surface area contributed by atoms with Gasteiger partial charge < -0.3 is 5.32 Å². The number of aromatic nitrogens is 1. The van der Waals surface area contributed by atoms with Gasteiger partial charge in [0.05, 0.1) is 11.3 Å². The van der Waals surface area contributed by atoms with Gasteiger partial charge in [0.25, 0.3) is 5.91 Å². The Kier molecular flexibility index (Phi) is 4.66. The third-order valence-corrected chi connectivity index (χ3v) is 4.09. The summed E-state index contributed by atoms with van der Waals surface area (Å²) in [7, 11) is 0. The first-order chi connectivity index (χ1) is 11.9. The fourth-order valence-corrected chi connectivity index (χ4v) is 2.68. The topological polar surface area (TPSA) is 42.0 Å². The summed E-state index contributed by atoms with van der Waals surface area (Å²) in [5.74, 6) is -0.155. The van der Waals surface area contributed by atoms with Crippen molar-refractivity contribution in [2.75, 3.05) is 5.32 Å². The first kappa shape index (κ1) is 16.9. The molecule has 3 rings (SSSR count). The van der Waals surface area contributed by atoms with Crippen LogP contribution in [0.4, 0.5) is 5.69 Å². The number of hydrogen-bond donors (Lipinski definition) is 1. The van der Waals surface area contributed by atoms with E-state index in [9.17, 15) is 4.79 Å². The summed E-state index contributed by atoms with van der Waals surface area (Å²) in [6, 6.07) is 21.3. The summed E-state index contributed by atoms with van der Waals surface area (Å²) in [6.45, 7) is 6.47. The second kappa shape index (κ2) is 6.89. The largest absolute Gasteiger partial charge is 0.322 e. The molecule has 0 aliphatic heterocycles. The van der Waals surface area contributed by atoms with Crippen molar-refractivity contribution < 1.29 is 4.79 Å². The number of anilines is 1. The Hall–Kier alpha value is -2.94. The highest BCUT2D eigenvalue weighted by atomic mass is 16.1. The molecule has 0 unspecified atom stereocenters. The molecule has 1 heterocycles. The van der Waals surface area contributed by atoms with Crippen LogP contribution in [0, 0.1) is 0 Å². The van der Waals surface area contributed by atoms with E-state index in [-0.39, 0.29) is 11.3 Å². The van der Waals surface area contributed by atoms with Crippen molar-refractivity contribution in [3.8, 4) is 11.3 Å². The van der Waals surface area contributed by atoms with Crippen molar-refractivity contribution >= 4 is 11.6 Å². The molecule has 0 aliphatic rings. The van der Waals surface area contributed by atoms with E-state index in [0.717, 1.165) is 11.3 Å². The minimum Gasteiger partial charge on any atom is -0.322 e. The maximum Gasteiger partial charge on any atom is 0.257 e. The maximum atomic E-state index is 12.8. The van der Waals surface area contributed by atoms with E-state index in [0.29, 0.717) is 11.3 Å². The third-order valence-electron chi connectivity index (χ3n) is 4.09. The van der Waals surface area contributed by atoms with Gasteiger partial charge in [-0.15, -0.1) is 0 Å². The zero-order valence-corrected chi connectivity index (χ0v) is 14.8. The van der Waals surface area contributed by atoms with Crippen LogP contribution in [0.2, 0.25) is 0 Å². The predicted octanol–water partition coefficient (Wildman–Crippen LogP) is 5.30. The van der Waals surface area contributed by atoms with Crippen molar-refractivity contribution in [1.29, 1.82) is 0 Å². The standard InChI is InChI=1S/C22H22N2O/c1-22(2,3)17-11-7-12-18(15-17)24-21(25)19-13-8-14-23-20(19)16-9-5-4-6-10-16/h4-15H,1-3H3,(H,24,25). The number of pyridine rings is 1. The molecule has 3 nitrogen and oxygen atoms in total. The van der Waals surface area contributed by atoms with Gasteiger partial charge in [0.15, 0.2) is 0 Å².